The summed E-state index contributed by atoms with van der Waals surface area (Å²) < 4.78 is 13.9. The van der Waals surface area contributed by atoms with Crippen molar-refractivity contribution in [2.75, 3.05) is 38.6 Å². The summed E-state index contributed by atoms with van der Waals surface area (Å²) in [5.74, 6) is 2.29. The SMILES string of the molecule is COc1cc2c(cc1OC1=CC=NC(C)(C(=O)NCCN3CCCC3)C1)nc(Nc1ccc(Cl)cc1)n2C. The molecule has 0 aliphatic carbocycles. The first kappa shape index (κ1) is 26.1. The summed E-state index contributed by atoms with van der Waals surface area (Å²) in [4.78, 5) is 24.6. The topological polar surface area (TPSA) is 93.0 Å². The van der Waals surface area contributed by atoms with Crippen molar-refractivity contribution in [1.29, 1.82) is 0 Å². The van der Waals surface area contributed by atoms with Crippen molar-refractivity contribution in [3.8, 4) is 11.5 Å². The maximum Gasteiger partial charge on any atom is 0.248 e. The summed E-state index contributed by atoms with van der Waals surface area (Å²) in [6.07, 6.45) is 6.23. The van der Waals surface area contributed by atoms with Crippen LogP contribution in [0.2, 0.25) is 5.02 Å². The highest BCUT2D eigenvalue weighted by atomic mass is 35.5. The lowest BCUT2D eigenvalue weighted by molar-refractivity contribution is -0.125. The van der Waals surface area contributed by atoms with E-state index in [1.807, 2.05) is 54.9 Å². The van der Waals surface area contributed by atoms with Crippen LogP contribution in [0.25, 0.3) is 11.0 Å². The number of hydrogen-bond donors (Lipinski definition) is 2. The molecule has 0 bridgehead atoms. The zero-order valence-corrected chi connectivity index (χ0v) is 22.7. The number of aryl methyl sites for hydroxylation is 1. The van der Waals surface area contributed by atoms with Crippen LogP contribution in [0.5, 0.6) is 11.5 Å². The molecule has 1 unspecified atom stereocenters. The Morgan fingerprint density at radius 2 is 1.92 bits per heavy atom. The monoisotopic (exact) mass is 536 g/mol. The number of benzene rings is 2. The molecule has 2 aliphatic rings. The van der Waals surface area contributed by atoms with Crippen molar-refractivity contribution in [2.24, 2.45) is 12.0 Å². The summed E-state index contributed by atoms with van der Waals surface area (Å²) in [6.45, 7) is 5.51. The van der Waals surface area contributed by atoms with Crippen molar-refractivity contribution >= 4 is 46.4 Å². The Labute approximate surface area is 227 Å². The Balaban J connectivity index is 1.29. The molecule has 200 valence electrons. The number of carbonyl (C=O) groups is 1. The van der Waals surface area contributed by atoms with Gasteiger partial charge >= 0.3 is 0 Å². The molecule has 0 radical (unpaired) electrons. The van der Waals surface area contributed by atoms with E-state index in [4.69, 9.17) is 26.1 Å². The molecule has 3 aromatic rings. The normalized spacial score (nSPS) is 19.4. The van der Waals surface area contributed by atoms with Gasteiger partial charge in [0.15, 0.2) is 11.5 Å². The largest absolute Gasteiger partial charge is 0.493 e. The van der Waals surface area contributed by atoms with Crippen molar-refractivity contribution in [3.05, 3.63) is 53.3 Å². The maximum absolute atomic E-state index is 13.0. The van der Waals surface area contributed by atoms with Crippen LogP contribution in [0.4, 0.5) is 11.6 Å². The third-order valence-corrected chi connectivity index (χ3v) is 7.30. The number of hydrogen-bond acceptors (Lipinski definition) is 7. The third-order valence-electron chi connectivity index (χ3n) is 7.05. The molecule has 2 N–H and O–H groups in total. The van der Waals surface area contributed by atoms with Gasteiger partial charge in [-0.2, -0.15) is 0 Å². The number of methoxy groups -OCH3 is 1. The molecule has 1 fully saturated rings. The predicted octanol–water partition coefficient (Wildman–Crippen LogP) is 4.69. The zero-order chi connectivity index (χ0) is 26.7. The van der Waals surface area contributed by atoms with Gasteiger partial charge in [0, 0.05) is 55.6 Å². The van der Waals surface area contributed by atoms with Gasteiger partial charge in [0.2, 0.25) is 11.9 Å². The molecule has 0 spiro atoms. The first-order valence-corrected chi connectivity index (χ1v) is 13.2. The zero-order valence-electron chi connectivity index (χ0n) is 22.0. The van der Waals surface area contributed by atoms with Crippen LogP contribution in [0.1, 0.15) is 26.2 Å². The van der Waals surface area contributed by atoms with Gasteiger partial charge in [-0.3, -0.25) is 9.79 Å². The van der Waals surface area contributed by atoms with Gasteiger partial charge in [0.05, 0.1) is 18.1 Å². The second-order valence-corrected chi connectivity index (χ2v) is 10.3. The molecule has 1 aromatic heterocycles. The Morgan fingerprint density at radius 1 is 1.16 bits per heavy atom. The summed E-state index contributed by atoms with van der Waals surface area (Å²) in [7, 11) is 3.54. The number of carbonyl (C=O) groups excluding carboxylic acids is 1. The molecule has 0 saturated carbocycles. The molecule has 3 heterocycles. The van der Waals surface area contributed by atoms with Gasteiger partial charge in [-0.1, -0.05) is 11.6 Å². The fourth-order valence-electron chi connectivity index (χ4n) is 4.82. The highest BCUT2D eigenvalue weighted by Crippen LogP contribution is 2.36. The molecule has 38 heavy (non-hydrogen) atoms. The average Bonchev–Trinajstić information content (AvgIpc) is 3.53. The van der Waals surface area contributed by atoms with E-state index in [2.05, 4.69) is 20.5 Å². The molecule has 2 aromatic carbocycles. The number of imidazole rings is 1. The minimum absolute atomic E-state index is 0.104. The number of rotatable bonds is 9. The predicted molar refractivity (Wildman–Crippen MR) is 151 cm³/mol. The highest BCUT2D eigenvalue weighted by molar-refractivity contribution is 6.30. The van der Waals surface area contributed by atoms with Crippen LogP contribution in [0.15, 0.2) is 53.2 Å². The van der Waals surface area contributed by atoms with Crippen LogP contribution in [0, 0.1) is 0 Å². The maximum atomic E-state index is 13.0. The number of anilines is 2. The standard InChI is InChI=1S/C28H33ClN6O3/c1-28(26(36)30-12-15-35-13-4-5-14-35)18-21(10-11-31-28)38-25-16-22-23(17-24(25)37-3)34(2)27(33-22)32-20-8-6-19(29)7-9-20/h6-11,16-17H,4-5,12-15,18H2,1-3H3,(H,30,36)(H,32,33). The lowest BCUT2D eigenvalue weighted by Gasteiger charge is -2.28. The van der Waals surface area contributed by atoms with Crippen LogP contribution >= 0.6 is 11.6 Å². The minimum Gasteiger partial charge on any atom is -0.493 e. The van der Waals surface area contributed by atoms with E-state index >= 15 is 0 Å². The number of aliphatic imine (C=N–C) groups is 1. The Bertz CT molecular complexity index is 1380. The summed E-state index contributed by atoms with van der Waals surface area (Å²) in [5.41, 5.74) is 1.56. The molecule has 10 heteroatoms. The minimum atomic E-state index is -0.937. The second-order valence-electron chi connectivity index (χ2n) is 9.89. The molecule has 1 atom stereocenters. The number of dihydropyridines is 1. The fraction of sp³-hybridized carbons (Fsp3) is 0.393. The van der Waals surface area contributed by atoms with Crippen molar-refractivity contribution in [1.82, 2.24) is 19.8 Å². The van der Waals surface area contributed by atoms with Crippen LogP contribution in [-0.2, 0) is 11.8 Å². The highest BCUT2D eigenvalue weighted by Gasteiger charge is 2.35. The van der Waals surface area contributed by atoms with Gasteiger partial charge in [-0.05, 0) is 63.2 Å². The van der Waals surface area contributed by atoms with Crippen molar-refractivity contribution in [2.45, 2.75) is 31.7 Å². The number of nitrogens with one attached hydrogen (secondary N) is 2. The van der Waals surface area contributed by atoms with E-state index in [1.54, 1.807) is 19.4 Å². The van der Waals surface area contributed by atoms with Crippen LogP contribution in [0.3, 0.4) is 0 Å². The van der Waals surface area contributed by atoms with E-state index in [0.717, 1.165) is 36.4 Å². The van der Waals surface area contributed by atoms with Crippen LogP contribution in [-0.4, -0.2) is 65.4 Å². The Kier molecular flexibility index (Phi) is 7.58. The number of nitrogens with zero attached hydrogens (tertiary/aromatic N) is 4. The van der Waals surface area contributed by atoms with Gasteiger partial charge in [-0.15, -0.1) is 0 Å². The molecule has 5 rings (SSSR count). The first-order valence-electron chi connectivity index (χ1n) is 12.8. The van der Waals surface area contributed by atoms with Crippen molar-refractivity contribution in [3.63, 3.8) is 0 Å². The summed E-state index contributed by atoms with van der Waals surface area (Å²) in [5, 5.41) is 7.05. The number of ether oxygens (including phenoxy) is 2. The lowest BCUT2D eigenvalue weighted by atomic mass is 9.94. The number of allylic oxidation sites excluding steroid dienone is 1. The molecule has 1 amide bonds. The fourth-order valence-corrected chi connectivity index (χ4v) is 4.94. The number of fused-ring (bicyclic) bond motifs is 1. The molecule has 1 saturated heterocycles. The average molecular weight is 537 g/mol. The Hall–Kier alpha value is -3.56. The van der Waals surface area contributed by atoms with E-state index in [1.165, 1.54) is 12.8 Å². The van der Waals surface area contributed by atoms with Gasteiger partial charge in [0.25, 0.3) is 0 Å². The van der Waals surface area contributed by atoms with E-state index in [-0.39, 0.29) is 5.91 Å². The van der Waals surface area contributed by atoms with E-state index < -0.39 is 5.54 Å². The Morgan fingerprint density at radius 3 is 2.66 bits per heavy atom. The second kappa shape index (κ2) is 11.0. The molecular weight excluding hydrogens is 504 g/mol. The molecule has 2 aliphatic heterocycles. The van der Waals surface area contributed by atoms with E-state index in [0.29, 0.717) is 41.2 Å². The smallest absolute Gasteiger partial charge is 0.248 e. The van der Waals surface area contributed by atoms with Gasteiger partial charge in [0.1, 0.15) is 11.3 Å². The number of likely N-dealkylation sites (tertiary alicyclic amines) is 1. The van der Waals surface area contributed by atoms with Crippen molar-refractivity contribution < 1.29 is 14.3 Å². The third kappa shape index (κ3) is 5.63. The van der Waals surface area contributed by atoms with Gasteiger partial charge in [-0.25, -0.2) is 4.98 Å². The quantitative estimate of drug-likeness (QED) is 0.412. The molecular formula is C28H33ClN6O3. The van der Waals surface area contributed by atoms with E-state index in [9.17, 15) is 4.79 Å². The van der Waals surface area contributed by atoms with Crippen LogP contribution < -0.4 is 20.1 Å². The molecule has 9 nitrogen and oxygen atoms in total. The number of amides is 1. The van der Waals surface area contributed by atoms with Gasteiger partial charge < -0.3 is 29.6 Å². The summed E-state index contributed by atoms with van der Waals surface area (Å²) >= 11 is 6.01. The number of aromatic nitrogens is 2. The lowest BCUT2D eigenvalue weighted by Crippen LogP contribution is -2.46. The summed E-state index contributed by atoms with van der Waals surface area (Å²) in [6, 6.07) is 11.2. The first-order chi connectivity index (χ1) is 18.3. The number of halogens is 1.